The molecule has 0 radical (unpaired) electrons. The van der Waals surface area contributed by atoms with Gasteiger partial charge in [0, 0.05) is 18.2 Å². The van der Waals surface area contributed by atoms with Crippen molar-refractivity contribution in [3.8, 4) is 5.75 Å². The molecule has 2 aromatic carbocycles. The number of amides is 2. The molecule has 1 aliphatic heterocycles. The fourth-order valence-corrected chi connectivity index (χ4v) is 3.19. The Morgan fingerprint density at radius 3 is 2.55 bits per heavy atom. The van der Waals surface area contributed by atoms with Gasteiger partial charge in [-0.15, -0.1) is 0 Å². The number of nitrogens with zero attached hydrogens (tertiary/aromatic N) is 2. The maximum Gasteiger partial charge on any atom is 0.270 e. The van der Waals surface area contributed by atoms with Gasteiger partial charge in [0.1, 0.15) is 11.4 Å². The molecule has 2 aromatic rings. The van der Waals surface area contributed by atoms with Crippen LogP contribution >= 0.6 is 0 Å². The number of ether oxygens (including phenoxy) is 1. The van der Waals surface area contributed by atoms with E-state index in [1.807, 2.05) is 13.0 Å². The zero-order chi connectivity index (χ0) is 21.3. The molecule has 2 amide bonds. The highest BCUT2D eigenvalue weighted by Crippen LogP contribution is 2.35. The summed E-state index contributed by atoms with van der Waals surface area (Å²) in [5.41, 5.74) is 1.49. The average Bonchev–Trinajstić information content (AvgIpc) is 2.95. The minimum absolute atomic E-state index is 0.182. The number of benzene rings is 2. The summed E-state index contributed by atoms with van der Waals surface area (Å²) in [5.74, 6) is -4.90. The van der Waals surface area contributed by atoms with E-state index in [-0.39, 0.29) is 11.3 Å². The van der Waals surface area contributed by atoms with Gasteiger partial charge in [-0.25, -0.2) is 8.78 Å². The van der Waals surface area contributed by atoms with E-state index in [0.29, 0.717) is 17.1 Å². The van der Waals surface area contributed by atoms with Crippen LogP contribution in [0.25, 0.3) is 0 Å². The Balaban J connectivity index is 1.85. The first-order valence-electron chi connectivity index (χ1n) is 8.95. The highest BCUT2D eigenvalue weighted by atomic mass is 19.3. The number of hydrogen-bond acceptors (Lipinski definition) is 4. The van der Waals surface area contributed by atoms with Crippen LogP contribution in [-0.4, -0.2) is 24.6 Å². The average molecular weight is 401 g/mol. The van der Waals surface area contributed by atoms with E-state index in [0.717, 1.165) is 17.5 Å². The predicted octanol–water partition coefficient (Wildman–Crippen LogP) is 4.09. The molecule has 1 aliphatic rings. The van der Waals surface area contributed by atoms with Gasteiger partial charge in [-0.1, -0.05) is 24.3 Å². The molecule has 1 atom stereocenters. The minimum atomic E-state index is -3.04. The molecule has 0 saturated heterocycles. The Morgan fingerprint density at radius 1 is 1.21 bits per heavy atom. The lowest BCUT2D eigenvalue weighted by atomic mass is 10.0. The molecule has 6 nitrogen and oxygen atoms in total. The molecule has 1 N–H and O–H groups in total. The van der Waals surface area contributed by atoms with Crippen molar-refractivity contribution in [2.75, 3.05) is 17.4 Å². The molecule has 0 aliphatic carbocycles. The third-order valence-corrected chi connectivity index (χ3v) is 4.65. The molecule has 1 unspecified atom stereocenters. The molecule has 8 heteroatoms. The number of rotatable bonds is 5. The van der Waals surface area contributed by atoms with Gasteiger partial charge in [0.2, 0.25) is 5.91 Å². The van der Waals surface area contributed by atoms with Crippen molar-refractivity contribution in [3.05, 3.63) is 53.6 Å². The third kappa shape index (κ3) is 3.96. The molecule has 0 aromatic heterocycles. The number of halogens is 2. The second kappa shape index (κ2) is 7.62. The normalized spacial score (nSPS) is 16.6. The zero-order valence-electron chi connectivity index (χ0n) is 16.5. The van der Waals surface area contributed by atoms with Crippen LogP contribution in [0.15, 0.2) is 47.6 Å². The van der Waals surface area contributed by atoms with Crippen molar-refractivity contribution in [3.63, 3.8) is 0 Å². The number of nitrogens with one attached hydrogen (secondary N) is 1. The molecular weight excluding hydrogens is 380 g/mol. The number of carbonyl (C=O) groups is 2. The van der Waals surface area contributed by atoms with Crippen molar-refractivity contribution in [2.24, 2.45) is 11.0 Å². The van der Waals surface area contributed by atoms with Gasteiger partial charge in [0.15, 0.2) is 5.92 Å². The minimum Gasteiger partial charge on any atom is -0.494 e. The van der Waals surface area contributed by atoms with Gasteiger partial charge in [0.25, 0.3) is 11.8 Å². The molecule has 152 valence electrons. The molecule has 0 fully saturated rings. The van der Waals surface area contributed by atoms with E-state index in [1.54, 1.807) is 19.1 Å². The second-order valence-electron chi connectivity index (χ2n) is 6.91. The molecule has 29 heavy (non-hydrogen) atoms. The maximum absolute atomic E-state index is 13.5. The topological polar surface area (TPSA) is 71.0 Å². The predicted molar refractivity (Wildman–Crippen MR) is 106 cm³/mol. The summed E-state index contributed by atoms with van der Waals surface area (Å²) < 4.78 is 32.4. The Hall–Kier alpha value is -3.29. The van der Waals surface area contributed by atoms with Crippen LogP contribution in [0.1, 0.15) is 25.0 Å². The Kier molecular flexibility index (Phi) is 5.37. The van der Waals surface area contributed by atoms with Gasteiger partial charge < -0.3 is 10.1 Å². The number of para-hydroxylation sites is 1. The lowest BCUT2D eigenvalue weighted by Crippen LogP contribution is -2.36. The number of alkyl halides is 2. The van der Waals surface area contributed by atoms with Gasteiger partial charge in [0.05, 0.1) is 12.8 Å². The zero-order valence-corrected chi connectivity index (χ0v) is 16.5. The molecule has 0 saturated carbocycles. The lowest BCUT2D eigenvalue weighted by molar-refractivity contribution is -0.127. The summed E-state index contributed by atoms with van der Waals surface area (Å²) in [6, 6.07) is 10.6. The summed E-state index contributed by atoms with van der Waals surface area (Å²) >= 11 is 0. The SMILES string of the molecule is COc1c(C)cccc1N1N=C(C)C(C(=O)Nc2cccc(C(C)(F)F)c2)C1=O. The molecule has 3 rings (SSSR count). The quantitative estimate of drug-likeness (QED) is 0.767. The van der Waals surface area contributed by atoms with E-state index in [1.165, 1.54) is 31.4 Å². The van der Waals surface area contributed by atoms with Gasteiger partial charge in [-0.05, 0) is 37.6 Å². The van der Waals surface area contributed by atoms with Crippen molar-refractivity contribution >= 4 is 28.9 Å². The van der Waals surface area contributed by atoms with E-state index in [9.17, 15) is 18.4 Å². The number of hydrogen-bond donors (Lipinski definition) is 1. The highest BCUT2D eigenvalue weighted by Gasteiger charge is 2.41. The standard InChI is InChI=1S/C21H21F2N3O3/c1-12-7-5-10-16(18(12)29-4)26-20(28)17(13(2)25-26)19(27)24-15-9-6-8-14(11-15)21(3,22)23/h5-11,17H,1-4H3,(H,24,27). The first-order chi connectivity index (χ1) is 13.6. The fourth-order valence-electron chi connectivity index (χ4n) is 3.19. The maximum atomic E-state index is 13.5. The van der Waals surface area contributed by atoms with E-state index >= 15 is 0 Å². The number of hydrazone groups is 1. The summed E-state index contributed by atoms with van der Waals surface area (Å²) in [5, 5.41) is 7.91. The molecule has 0 bridgehead atoms. The monoisotopic (exact) mass is 401 g/mol. The van der Waals surface area contributed by atoms with Crippen molar-refractivity contribution < 1.29 is 23.1 Å². The van der Waals surface area contributed by atoms with Crippen LogP contribution in [0.2, 0.25) is 0 Å². The Morgan fingerprint density at radius 2 is 1.90 bits per heavy atom. The Labute approximate surface area is 167 Å². The summed E-state index contributed by atoms with van der Waals surface area (Å²) in [6.45, 7) is 4.18. The van der Waals surface area contributed by atoms with Crippen LogP contribution < -0.4 is 15.1 Å². The van der Waals surface area contributed by atoms with E-state index < -0.39 is 23.7 Å². The summed E-state index contributed by atoms with van der Waals surface area (Å²) in [6.07, 6.45) is 0. The smallest absolute Gasteiger partial charge is 0.270 e. The van der Waals surface area contributed by atoms with Crippen LogP contribution in [0, 0.1) is 12.8 Å². The van der Waals surface area contributed by atoms with E-state index in [4.69, 9.17) is 4.74 Å². The van der Waals surface area contributed by atoms with Gasteiger partial charge in [-0.3, -0.25) is 9.59 Å². The number of methoxy groups -OCH3 is 1. The van der Waals surface area contributed by atoms with Gasteiger partial charge in [-0.2, -0.15) is 10.1 Å². The van der Waals surface area contributed by atoms with Crippen LogP contribution in [0.4, 0.5) is 20.2 Å². The lowest BCUT2D eigenvalue weighted by Gasteiger charge is -2.18. The first kappa shape index (κ1) is 20.4. The summed E-state index contributed by atoms with van der Waals surface area (Å²) in [7, 11) is 1.49. The molecule has 1 heterocycles. The molecule has 0 spiro atoms. The van der Waals surface area contributed by atoms with Crippen molar-refractivity contribution in [1.29, 1.82) is 0 Å². The first-order valence-corrected chi connectivity index (χ1v) is 8.95. The van der Waals surface area contributed by atoms with Gasteiger partial charge >= 0.3 is 0 Å². The largest absolute Gasteiger partial charge is 0.494 e. The van der Waals surface area contributed by atoms with Crippen LogP contribution in [0.3, 0.4) is 0 Å². The van der Waals surface area contributed by atoms with Crippen LogP contribution in [-0.2, 0) is 15.5 Å². The third-order valence-electron chi connectivity index (χ3n) is 4.65. The highest BCUT2D eigenvalue weighted by molar-refractivity contribution is 6.29. The molecular formula is C21H21F2N3O3. The number of anilines is 2. The summed E-state index contributed by atoms with van der Waals surface area (Å²) in [4.78, 5) is 25.7. The second-order valence-corrected chi connectivity index (χ2v) is 6.91. The van der Waals surface area contributed by atoms with E-state index in [2.05, 4.69) is 10.4 Å². The fraction of sp³-hybridized carbons (Fsp3) is 0.286. The number of aryl methyl sites for hydroxylation is 1. The van der Waals surface area contributed by atoms with Crippen molar-refractivity contribution in [2.45, 2.75) is 26.7 Å². The number of carbonyl (C=O) groups excluding carboxylic acids is 2. The van der Waals surface area contributed by atoms with Crippen LogP contribution in [0.5, 0.6) is 5.75 Å². The Bertz CT molecular complexity index is 999. The van der Waals surface area contributed by atoms with Crippen molar-refractivity contribution in [1.82, 2.24) is 0 Å².